The van der Waals surface area contributed by atoms with Crippen molar-refractivity contribution in [3.8, 4) is 0 Å². The quantitative estimate of drug-likeness (QED) is 0.759. The van der Waals surface area contributed by atoms with Crippen LogP contribution in [0.1, 0.15) is 18.5 Å². The van der Waals surface area contributed by atoms with Crippen LogP contribution in [0.4, 0.5) is 5.82 Å². The fourth-order valence-electron chi connectivity index (χ4n) is 3.44. The van der Waals surface area contributed by atoms with Gasteiger partial charge in [0, 0.05) is 37.4 Å². The molecule has 3 heterocycles. The van der Waals surface area contributed by atoms with Gasteiger partial charge in [0.1, 0.15) is 5.82 Å². The van der Waals surface area contributed by atoms with Crippen molar-refractivity contribution >= 4 is 5.82 Å². The van der Waals surface area contributed by atoms with Crippen molar-refractivity contribution in [1.29, 1.82) is 0 Å². The lowest BCUT2D eigenvalue weighted by atomic mass is 10.1. The molecule has 96 valence electrons. The van der Waals surface area contributed by atoms with Crippen molar-refractivity contribution in [3.05, 3.63) is 36.5 Å². The number of anilines is 1. The molecule has 1 aromatic rings. The van der Waals surface area contributed by atoms with Crippen LogP contribution in [0, 0.1) is 6.92 Å². The summed E-state index contributed by atoms with van der Waals surface area (Å²) in [4.78, 5) is 9.74. The van der Waals surface area contributed by atoms with E-state index in [0.717, 1.165) is 24.6 Å². The van der Waals surface area contributed by atoms with E-state index in [4.69, 9.17) is 0 Å². The molecule has 2 saturated heterocycles. The van der Waals surface area contributed by atoms with Crippen molar-refractivity contribution in [3.63, 3.8) is 0 Å². The van der Waals surface area contributed by atoms with Crippen LogP contribution in [0.2, 0.25) is 0 Å². The standard InChI is InChI=1S/C15H21N3/c1-3-9-17-10-7-14-13(17)8-11-18(14)15-6-4-5-12(2)16-15/h3-6,13-14H,1,7-11H2,2H3/t13-,14+/m0/s1. The Morgan fingerprint density at radius 2 is 2.17 bits per heavy atom. The van der Waals surface area contributed by atoms with Crippen LogP contribution in [0.5, 0.6) is 0 Å². The molecule has 2 fully saturated rings. The van der Waals surface area contributed by atoms with Gasteiger partial charge in [-0.25, -0.2) is 4.98 Å². The maximum atomic E-state index is 4.67. The summed E-state index contributed by atoms with van der Waals surface area (Å²) in [5, 5.41) is 0. The SMILES string of the molecule is C=CCN1CC[C@@H]2[C@@H]1CCN2c1cccc(C)n1. The maximum Gasteiger partial charge on any atom is 0.129 e. The molecule has 18 heavy (non-hydrogen) atoms. The fraction of sp³-hybridized carbons (Fsp3) is 0.533. The average molecular weight is 243 g/mol. The molecule has 0 saturated carbocycles. The molecule has 3 rings (SSSR count). The lowest BCUT2D eigenvalue weighted by Crippen LogP contribution is -2.36. The molecule has 2 aliphatic rings. The van der Waals surface area contributed by atoms with Gasteiger partial charge in [-0.15, -0.1) is 6.58 Å². The lowest BCUT2D eigenvalue weighted by Gasteiger charge is -2.26. The first-order valence-corrected chi connectivity index (χ1v) is 6.85. The Labute approximate surface area is 109 Å². The Bertz CT molecular complexity index is 443. The topological polar surface area (TPSA) is 19.4 Å². The first kappa shape index (κ1) is 11.7. The fourth-order valence-corrected chi connectivity index (χ4v) is 3.44. The zero-order valence-corrected chi connectivity index (χ0v) is 11.0. The first-order chi connectivity index (χ1) is 8.79. The van der Waals surface area contributed by atoms with E-state index in [2.05, 4.69) is 46.5 Å². The molecule has 0 bridgehead atoms. The lowest BCUT2D eigenvalue weighted by molar-refractivity contribution is 0.281. The Kier molecular flexibility index (Phi) is 3.08. The van der Waals surface area contributed by atoms with E-state index in [1.54, 1.807) is 0 Å². The summed E-state index contributed by atoms with van der Waals surface area (Å²) in [7, 11) is 0. The summed E-state index contributed by atoms with van der Waals surface area (Å²) < 4.78 is 0. The number of fused-ring (bicyclic) bond motifs is 1. The highest BCUT2D eigenvalue weighted by atomic mass is 15.3. The average Bonchev–Trinajstić information content (AvgIpc) is 2.92. The minimum absolute atomic E-state index is 0.652. The number of likely N-dealkylation sites (tertiary alicyclic amines) is 1. The van der Waals surface area contributed by atoms with E-state index in [0.29, 0.717) is 12.1 Å². The van der Waals surface area contributed by atoms with Gasteiger partial charge >= 0.3 is 0 Å². The van der Waals surface area contributed by atoms with Crippen LogP contribution in [-0.2, 0) is 0 Å². The largest absolute Gasteiger partial charge is 0.352 e. The zero-order valence-electron chi connectivity index (χ0n) is 11.0. The van der Waals surface area contributed by atoms with E-state index in [1.807, 2.05) is 6.08 Å². The van der Waals surface area contributed by atoms with Gasteiger partial charge in [0.25, 0.3) is 0 Å². The van der Waals surface area contributed by atoms with E-state index < -0.39 is 0 Å². The molecule has 0 aliphatic carbocycles. The van der Waals surface area contributed by atoms with Gasteiger partial charge in [0.05, 0.1) is 0 Å². The number of pyridine rings is 1. The summed E-state index contributed by atoms with van der Waals surface area (Å²) in [6, 6.07) is 7.67. The van der Waals surface area contributed by atoms with Gasteiger partial charge in [-0.3, -0.25) is 4.90 Å². The molecule has 2 atom stereocenters. The first-order valence-electron chi connectivity index (χ1n) is 6.85. The summed E-state index contributed by atoms with van der Waals surface area (Å²) in [5.74, 6) is 1.16. The van der Waals surface area contributed by atoms with Crippen LogP contribution in [-0.4, -0.2) is 41.6 Å². The summed E-state index contributed by atoms with van der Waals surface area (Å²) in [6.07, 6.45) is 4.54. The molecule has 3 heteroatoms. The van der Waals surface area contributed by atoms with Gasteiger partial charge in [-0.1, -0.05) is 12.1 Å². The molecule has 1 aromatic heterocycles. The highest BCUT2D eigenvalue weighted by Crippen LogP contribution is 2.34. The molecular formula is C15H21N3. The van der Waals surface area contributed by atoms with E-state index in [1.165, 1.54) is 19.4 Å². The highest BCUT2D eigenvalue weighted by Gasteiger charge is 2.42. The van der Waals surface area contributed by atoms with Gasteiger partial charge in [0.2, 0.25) is 0 Å². The number of aromatic nitrogens is 1. The molecule has 2 aliphatic heterocycles. The zero-order chi connectivity index (χ0) is 12.5. The van der Waals surface area contributed by atoms with Crippen molar-refractivity contribution < 1.29 is 0 Å². The Morgan fingerprint density at radius 1 is 1.33 bits per heavy atom. The van der Waals surface area contributed by atoms with Gasteiger partial charge < -0.3 is 4.90 Å². The van der Waals surface area contributed by atoms with Gasteiger partial charge in [-0.2, -0.15) is 0 Å². The number of rotatable bonds is 3. The van der Waals surface area contributed by atoms with Gasteiger partial charge in [0.15, 0.2) is 0 Å². The van der Waals surface area contributed by atoms with Crippen LogP contribution >= 0.6 is 0 Å². The minimum Gasteiger partial charge on any atom is -0.352 e. The molecule has 0 spiro atoms. The van der Waals surface area contributed by atoms with Crippen molar-refractivity contribution in [1.82, 2.24) is 9.88 Å². The second-order valence-corrected chi connectivity index (χ2v) is 5.33. The van der Waals surface area contributed by atoms with E-state index in [-0.39, 0.29) is 0 Å². The van der Waals surface area contributed by atoms with Crippen molar-refractivity contribution in [2.45, 2.75) is 31.8 Å². The maximum absolute atomic E-state index is 4.67. The second kappa shape index (κ2) is 4.73. The number of nitrogens with zero attached hydrogens (tertiary/aromatic N) is 3. The Hall–Kier alpha value is -1.35. The van der Waals surface area contributed by atoms with Crippen LogP contribution in [0.15, 0.2) is 30.9 Å². The van der Waals surface area contributed by atoms with Crippen LogP contribution in [0.3, 0.4) is 0 Å². The molecule has 0 radical (unpaired) electrons. The smallest absolute Gasteiger partial charge is 0.129 e. The Morgan fingerprint density at radius 3 is 2.94 bits per heavy atom. The number of aryl methyl sites for hydroxylation is 1. The third-order valence-electron chi connectivity index (χ3n) is 4.22. The summed E-state index contributed by atoms with van der Waals surface area (Å²) >= 11 is 0. The van der Waals surface area contributed by atoms with Gasteiger partial charge in [-0.05, 0) is 31.9 Å². The second-order valence-electron chi connectivity index (χ2n) is 5.33. The predicted molar refractivity (Wildman–Crippen MR) is 74.9 cm³/mol. The highest BCUT2D eigenvalue weighted by molar-refractivity contribution is 5.43. The van der Waals surface area contributed by atoms with Crippen molar-refractivity contribution in [2.75, 3.05) is 24.5 Å². The Balaban J connectivity index is 1.79. The molecule has 0 N–H and O–H groups in total. The van der Waals surface area contributed by atoms with Crippen LogP contribution in [0.25, 0.3) is 0 Å². The summed E-state index contributed by atoms with van der Waals surface area (Å²) in [6.45, 7) is 9.29. The molecular weight excluding hydrogens is 222 g/mol. The third kappa shape index (κ3) is 1.93. The predicted octanol–water partition coefficient (Wildman–Crippen LogP) is 2.23. The summed E-state index contributed by atoms with van der Waals surface area (Å²) in [5.41, 5.74) is 1.11. The molecule has 0 aromatic carbocycles. The van der Waals surface area contributed by atoms with Crippen LogP contribution < -0.4 is 4.90 Å². The monoisotopic (exact) mass is 243 g/mol. The number of hydrogen-bond acceptors (Lipinski definition) is 3. The third-order valence-corrected chi connectivity index (χ3v) is 4.22. The van der Waals surface area contributed by atoms with E-state index >= 15 is 0 Å². The molecule has 0 amide bonds. The molecule has 0 unspecified atom stereocenters. The van der Waals surface area contributed by atoms with Crippen molar-refractivity contribution in [2.24, 2.45) is 0 Å². The normalized spacial score (nSPS) is 27.5. The minimum atomic E-state index is 0.652. The number of hydrogen-bond donors (Lipinski definition) is 0. The van der Waals surface area contributed by atoms with E-state index in [9.17, 15) is 0 Å². The molecule has 3 nitrogen and oxygen atoms in total.